The molecule has 1 saturated heterocycles. The Bertz CT molecular complexity index is 6550. The summed E-state index contributed by atoms with van der Waals surface area (Å²) in [5.41, 5.74) is 13.8. The van der Waals surface area contributed by atoms with Crippen molar-refractivity contribution in [2.75, 3.05) is 0 Å². The maximum Gasteiger partial charge on any atom is 0.495 e. The lowest BCUT2D eigenvalue weighted by atomic mass is 9.75. The molecule has 19 rings (SSSR count). The normalized spacial score (nSPS) is 13.8. The smallest absolute Gasteiger partial charge is 0.495 e. The van der Waals surface area contributed by atoms with E-state index < -0.39 is 32.6 Å². The van der Waals surface area contributed by atoms with Crippen LogP contribution in [0.5, 0.6) is 0 Å². The molecule has 0 amide bonds. The number of hydrogen-bond donors (Lipinski definition) is 0. The highest BCUT2D eigenvalue weighted by molar-refractivity contribution is 7.85. The van der Waals surface area contributed by atoms with Gasteiger partial charge in [-0.25, -0.2) is 19.9 Å². The minimum Gasteiger partial charge on any atom is -1.00 e. The number of rotatable bonds is 16. The van der Waals surface area contributed by atoms with Gasteiger partial charge in [0, 0.05) is 59.7 Å². The molecule has 0 saturated carbocycles. The van der Waals surface area contributed by atoms with Gasteiger partial charge in [0.2, 0.25) is 5.28 Å². The van der Waals surface area contributed by atoms with Crippen molar-refractivity contribution < 1.29 is 23.1 Å². The minimum absolute atomic E-state index is 0. The van der Waals surface area contributed by atoms with Crippen molar-refractivity contribution in [3.05, 3.63) is 411 Å². The zero-order chi connectivity index (χ0) is 80.6. The Balaban J connectivity index is 0.000000142. The molecule has 1 atom stereocenters. The largest absolute Gasteiger partial charge is 1.00 e. The summed E-state index contributed by atoms with van der Waals surface area (Å²) in [5.74, 6) is 2.98. The molecule has 1 aliphatic heterocycles. The summed E-state index contributed by atoms with van der Waals surface area (Å²) >= 11 is 6.11. The van der Waals surface area contributed by atoms with Gasteiger partial charge >= 0.3 is 7.12 Å². The molecule has 119 heavy (non-hydrogen) atoms. The lowest BCUT2D eigenvalue weighted by Crippen LogP contribution is -3.00. The monoisotopic (exact) mass is 1610 g/mol. The molecule has 1 aliphatic carbocycles. The molecule has 15 heteroatoms. The number of aromatic nitrogens is 6. The van der Waals surface area contributed by atoms with Crippen LogP contribution in [0.1, 0.15) is 40.5 Å². The Morgan fingerprint density at radius 2 is 0.571 bits per heavy atom. The molecule has 580 valence electrons. The van der Waals surface area contributed by atoms with Gasteiger partial charge in [0.25, 0.3) is 0 Å². The van der Waals surface area contributed by atoms with E-state index in [4.69, 9.17) is 35.9 Å². The Kier molecular flexibility index (Phi) is 23.5. The van der Waals surface area contributed by atoms with E-state index in [1.165, 1.54) is 5.56 Å². The number of hydrogen-bond acceptors (Lipinski definition) is 10. The van der Waals surface area contributed by atoms with E-state index in [9.17, 15) is 4.57 Å². The second kappa shape index (κ2) is 35.0. The van der Waals surface area contributed by atoms with Gasteiger partial charge in [0.1, 0.15) is 0 Å². The molecular weight excluding hydrogens is 1520 g/mol. The Labute approximate surface area is 699 Å². The molecule has 2 aliphatic rings. The molecule has 15 aromatic carbocycles. The number of benzene rings is 15. The average molecular weight is 1610 g/mol. The third kappa shape index (κ3) is 16.7. The fraction of sp³-hybridized carbons (Fsp3) is 0.0769. The van der Waals surface area contributed by atoms with Gasteiger partial charge in [0.05, 0.1) is 11.2 Å². The van der Waals surface area contributed by atoms with Gasteiger partial charge in [-0.3, -0.25) is 0 Å². The number of fused-ring (bicyclic) bond motifs is 2. The maximum absolute atomic E-state index is 15.0. The second-order valence-electron chi connectivity index (χ2n) is 30.1. The molecule has 1 fully saturated rings. The van der Waals surface area contributed by atoms with Crippen LogP contribution in [-0.2, 0) is 18.4 Å². The summed E-state index contributed by atoms with van der Waals surface area (Å²) in [6.45, 7) is 8.33. The number of allylic oxidation sites excluding steroid dienone is 4. The summed E-state index contributed by atoms with van der Waals surface area (Å²) in [7, 11) is -6.48. The third-order valence-electron chi connectivity index (χ3n) is 22.2. The zero-order valence-corrected chi connectivity index (χ0v) is 68.6. The summed E-state index contributed by atoms with van der Waals surface area (Å²) in [6, 6.07) is 128. The van der Waals surface area contributed by atoms with E-state index in [1.807, 2.05) is 218 Å². The molecule has 1 unspecified atom stereocenters. The van der Waals surface area contributed by atoms with E-state index in [0.717, 1.165) is 138 Å². The van der Waals surface area contributed by atoms with Crippen molar-refractivity contribution >= 4 is 86.5 Å². The van der Waals surface area contributed by atoms with Crippen LogP contribution in [0.15, 0.2) is 406 Å². The Morgan fingerprint density at radius 1 is 0.286 bits per heavy atom. The van der Waals surface area contributed by atoms with Gasteiger partial charge < -0.3 is 23.1 Å². The minimum atomic E-state index is -3.09. The van der Waals surface area contributed by atoms with Gasteiger partial charge in [0.15, 0.2) is 43.4 Å². The first-order valence-electron chi connectivity index (χ1n) is 39.6. The van der Waals surface area contributed by atoms with Crippen molar-refractivity contribution in [1.82, 2.24) is 29.9 Å². The fourth-order valence-corrected chi connectivity index (χ4v) is 20.8. The fourth-order valence-electron chi connectivity index (χ4n) is 15.3. The van der Waals surface area contributed by atoms with E-state index in [1.54, 1.807) is 0 Å². The SMILES string of the molecule is CC1(C)OB(c2ccc(-c3ccc(P(=O)(C4=CCCC=C4)c4ccccc4)cc3)c3ccccc23)OC1(C)C.Clc1nc(-c2ccccc2)nc(-c2ccc(-c3ccccc3)cc2)n1.O=P(c1ccccc1)(c1ccccc1)c1ccc(-c2ccc(-c3nc(-c4ccccc4)nc(-c4ccc(-c5ccccc5)cc4)n3)c3ccccc23)cc1.[F-]. The van der Waals surface area contributed by atoms with Crippen LogP contribution >= 0.6 is 25.9 Å². The van der Waals surface area contributed by atoms with Crippen LogP contribution < -0.4 is 36.7 Å². The highest BCUT2D eigenvalue weighted by atomic mass is 35.5. The van der Waals surface area contributed by atoms with E-state index in [2.05, 4.69) is 225 Å². The summed E-state index contributed by atoms with van der Waals surface area (Å²) in [4.78, 5) is 28.2. The van der Waals surface area contributed by atoms with Crippen molar-refractivity contribution in [2.24, 2.45) is 0 Å². The summed E-state index contributed by atoms with van der Waals surface area (Å²) in [5, 5.41) is 9.64. The van der Waals surface area contributed by atoms with E-state index in [-0.39, 0.29) is 9.99 Å². The number of nitrogens with zero attached hydrogens (tertiary/aromatic N) is 6. The van der Waals surface area contributed by atoms with Crippen LogP contribution in [0.25, 0.3) is 123 Å². The highest BCUT2D eigenvalue weighted by Crippen LogP contribution is 2.54. The van der Waals surface area contributed by atoms with Crippen LogP contribution in [-0.4, -0.2) is 48.2 Å². The molecule has 0 N–H and O–H groups in total. The lowest BCUT2D eigenvalue weighted by Gasteiger charge is -2.32. The van der Waals surface area contributed by atoms with Crippen molar-refractivity contribution in [3.8, 4) is 101 Å². The van der Waals surface area contributed by atoms with E-state index in [0.29, 0.717) is 29.1 Å². The molecule has 10 nitrogen and oxygen atoms in total. The zero-order valence-electron chi connectivity index (χ0n) is 66.1. The maximum atomic E-state index is 15.0. The number of halogens is 2. The summed E-state index contributed by atoms with van der Waals surface area (Å²) in [6.07, 6.45) is 8.23. The summed E-state index contributed by atoms with van der Waals surface area (Å²) < 4.78 is 42.6. The predicted octanol–water partition coefficient (Wildman–Crippen LogP) is 20.9. The van der Waals surface area contributed by atoms with Crippen LogP contribution in [0.4, 0.5) is 0 Å². The van der Waals surface area contributed by atoms with Gasteiger partial charge in [-0.2, -0.15) is 9.97 Å². The molecular formula is C104H82BClFN6O4P2-. The van der Waals surface area contributed by atoms with Crippen LogP contribution in [0.3, 0.4) is 0 Å². The molecule has 0 bridgehead atoms. The van der Waals surface area contributed by atoms with Crippen molar-refractivity contribution in [3.63, 3.8) is 0 Å². The second-order valence-corrected chi connectivity index (χ2v) is 36.0. The van der Waals surface area contributed by atoms with Gasteiger partial charge in [-0.1, -0.05) is 394 Å². The van der Waals surface area contributed by atoms with Crippen molar-refractivity contribution in [1.29, 1.82) is 0 Å². The molecule has 17 aromatic rings. The molecule has 3 heterocycles. The van der Waals surface area contributed by atoms with E-state index >= 15 is 4.57 Å². The first-order chi connectivity index (χ1) is 57.6. The van der Waals surface area contributed by atoms with Crippen molar-refractivity contribution in [2.45, 2.75) is 51.7 Å². The highest BCUT2D eigenvalue weighted by Gasteiger charge is 2.52. The topological polar surface area (TPSA) is 130 Å². The molecule has 0 spiro atoms. The standard InChI is InChI=1S/C49H34N3OP.C34H34BO3P.C21H14ClN3.FH/c53-54(40-19-9-3-10-20-40,41-21-11-4-12-22-41)42-31-29-37(30-32-42)43-33-34-46(45-24-14-13-23-44(43)45)49-51-47(38-17-7-2-8-18-38)50-48(52-49)39-27-25-36(26-28-39)35-15-5-1-6-16-35;1-33(2)34(3,4)38-35(37-33)32-24-23-29(30-17-11-12-18-31(30)32)25-19-21-28(22-20-25)39(36,26-13-7-5-8-14-26)27-15-9-6-10-16-27;22-21-24-19(17-9-5-2-6-10-17)23-20(25-21)18-13-11-16(12-14-18)15-7-3-1-4-8-15;/h1-34H;5,7-9,11-24H,6,10H2,1-4H3;1-14H;1H/p-1. The first kappa shape index (κ1) is 79.8. The molecule has 2 aromatic heterocycles. The quantitative estimate of drug-likeness (QED) is 0.0681. The first-order valence-corrected chi connectivity index (χ1v) is 43.4. The Morgan fingerprint density at radius 3 is 0.983 bits per heavy atom. The third-order valence-corrected chi connectivity index (χ3v) is 28.6. The Hall–Kier alpha value is -13.0. The lowest BCUT2D eigenvalue weighted by molar-refractivity contribution is -0.0000278. The average Bonchev–Trinajstić information content (AvgIpc) is 1.74. The van der Waals surface area contributed by atoms with Crippen LogP contribution in [0, 0.1) is 0 Å². The van der Waals surface area contributed by atoms with Gasteiger partial charge in [-0.15, -0.1) is 0 Å². The predicted molar refractivity (Wildman–Crippen MR) is 490 cm³/mol. The molecule has 0 radical (unpaired) electrons. The van der Waals surface area contributed by atoms with Gasteiger partial charge in [-0.05, 0) is 130 Å². The van der Waals surface area contributed by atoms with Crippen LogP contribution in [0.2, 0.25) is 5.28 Å².